The summed E-state index contributed by atoms with van der Waals surface area (Å²) < 4.78 is 0. The zero-order valence-corrected chi connectivity index (χ0v) is 13.6. The molecule has 1 aliphatic rings. The van der Waals surface area contributed by atoms with Crippen LogP contribution < -0.4 is 5.32 Å². The minimum absolute atomic E-state index is 0.430. The minimum Gasteiger partial charge on any atom is -0.310 e. The van der Waals surface area contributed by atoms with Crippen LogP contribution in [0.25, 0.3) is 0 Å². The monoisotopic (exact) mass is 274 g/mol. The van der Waals surface area contributed by atoms with Gasteiger partial charge in [-0.1, -0.05) is 39.7 Å². The van der Waals surface area contributed by atoms with Gasteiger partial charge in [-0.3, -0.25) is 4.98 Å². The second-order valence-corrected chi connectivity index (χ2v) is 6.95. The van der Waals surface area contributed by atoms with Crippen LogP contribution >= 0.6 is 0 Å². The summed E-state index contributed by atoms with van der Waals surface area (Å²) in [5, 5.41) is 3.77. The highest BCUT2D eigenvalue weighted by molar-refractivity contribution is 5.23. The predicted octanol–water partition coefficient (Wildman–Crippen LogP) is 4.65. The number of hydrogen-bond donors (Lipinski definition) is 1. The fourth-order valence-electron chi connectivity index (χ4n) is 4.13. The molecule has 1 unspecified atom stereocenters. The average Bonchev–Trinajstić information content (AvgIpc) is 2.84. The van der Waals surface area contributed by atoms with Crippen molar-refractivity contribution in [2.75, 3.05) is 6.54 Å². The molecule has 0 radical (unpaired) electrons. The largest absolute Gasteiger partial charge is 0.310 e. The number of hydrogen-bond acceptors (Lipinski definition) is 2. The van der Waals surface area contributed by atoms with Gasteiger partial charge in [0.1, 0.15) is 0 Å². The topological polar surface area (TPSA) is 24.9 Å². The number of aromatic nitrogens is 1. The molecule has 2 heteroatoms. The van der Waals surface area contributed by atoms with Crippen molar-refractivity contribution < 1.29 is 0 Å². The Labute approximate surface area is 124 Å². The molecule has 112 valence electrons. The van der Waals surface area contributed by atoms with Gasteiger partial charge < -0.3 is 5.32 Å². The van der Waals surface area contributed by atoms with E-state index in [9.17, 15) is 0 Å². The zero-order valence-electron chi connectivity index (χ0n) is 13.6. The van der Waals surface area contributed by atoms with Crippen molar-refractivity contribution in [2.24, 2.45) is 11.3 Å². The van der Waals surface area contributed by atoms with Gasteiger partial charge in [0.15, 0.2) is 0 Å². The van der Waals surface area contributed by atoms with Crippen molar-refractivity contribution in [1.29, 1.82) is 0 Å². The van der Waals surface area contributed by atoms with Crippen molar-refractivity contribution >= 4 is 0 Å². The first-order valence-corrected chi connectivity index (χ1v) is 8.22. The van der Waals surface area contributed by atoms with Crippen LogP contribution in [0.5, 0.6) is 0 Å². The van der Waals surface area contributed by atoms with E-state index < -0.39 is 0 Å². The predicted molar refractivity (Wildman–Crippen MR) is 85.7 cm³/mol. The number of pyridine rings is 1. The van der Waals surface area contributed by atoms with Gasteiger partial charge in [0.2, 0.25) is 0 Å². The highest BCUT2D eigenvalue weighted by Crippen LogP contribution is 2.51. The van der Waals surface area contributed by atoms with E-state index in [1.807, 2.05) is 6.20 Å². The highest BCUT2D eigenvalue weighted by Gasteiger charge is 2.42. The Bertz CT molecular complexity index is 419. The van der Waals surface area contributed by atoms with Gasteiger partial charge in [-0.2, -0.15) is 0 Å². The maximum atomic E-state index is 4.43. The lowest BCUT2D eigenvalue weighted by Gasteiger charge is -2.40. The maximum Gasteiger partial charge on any atom is 0.0392 e. The molecule has 0 amide bonds. The normalized spacial score (nSPS) is 19.4. The van der Waals surface area contributed by atoms with Crippen molar-refractivity contribution in [2.45, 2.75) is 65.8 Å². The van der Waals surface area contributed by atoms with E-state index >= 15 is 0 Å². The number of rotatable bonds is 6. The van der Waals surface area contributed by atoms with Crippen LogP contribution in [0.3, 0.4) is 0 Å². The Morgan fingerprint density at radius 2 is 1.95 bits per heavy atom. The minimum atomic E-state index is 0.430. The van der Waals surface area contributed by atoms with Gasteiger partial charge in [0, 0.05) is 18.4 Å². The van der Waals surface area contributed by atoms with Gasteiger partial charge in [0.05, 0.1) is 0 Å². The van der Waals surface area contributed by atoms with E-state index in [1.165, 1.54) is 43.2 Å². The standard InChI is InChI=1S/C18H30N2/c1-5-20-17(16-10-15(4)12-19-13-16)18(11-14(2)3)8-6-7-9-18/h10,12-14,17,20H,5-9,11H2,1-4H3. The molecule has 1 saturated carbocycles. The van der Waals surface area contributed by atoms with Crippen molar-refractivity contribution in [3.8, 4) is 0 Å². The smallest absolute Gasteiger partial charge is 0.0392 e. The van der Waals surface area contributed by atoms with Gasteiger partial charge >= 0.3 is 0 Å². The average molecular weight is 274 g/mol. The Morgan fingerprint density at radius 1 is 1.25 bits per heavy atom. The SMILES string of the molecule is CCNC(c1cncc(C)c1)C1(CC(C)C)CCCC1. The molecule has 1 N–H and O–H groups in total. The first kappa shape index (κ1) is 15.5. The third kappa shape index (κ3) is 3.41. The van der Waals surface area contributed by atoms with Crippen molar-refractivity contribution in [1.82, 2.24) is 10.3 Å². The maximum absolute atomic E-state index is 4.43. The number of aryl methyl sites for hydroxylation is 1. The number of nitrogens with zero attached hydrogens (tertiary/aromatic N) is 1. The van der Waals surface area contributed by atoms with E-state index in [2.05, 4.69) is 50.3 Å². The summed E-state index contributed by atoms with van der Waals surface area (Å²) in [5.41, 5.74) is 3.08. The molecule has 0 bridgehead atoms. The molecule has 1 aliphatic carbocycles. The molecular formula is C18H30N2. The highest BCUT2D eigenvalue weighted by atomic mass is 14.9. The second-order valence-electron chi connectivity index (χ2n) is 6.95. The molecule has 0 aromatic carbocycles. The zero-order chi connectivity index (χ0) is 14.6. The van der Waals surface area contributed by atoms with E-state index in [-0.39, 0.29) is 0 Å². The van der Waals surface area contributed by atoms with E-state index in [0.29, 0.717) is 11.5 Å². The van der Waals surface area contributed by atoms with Crippen LogP contribution in [-0.2, 0) is 0 Å². The quantitative estimate of drug-likeness (QED) is 0.817. The third-order valence-corrected chi connectivity index (χ3v) is 4.66. The molecule has 1 atom stereocenters. The molecule has 0 saturated heterocycles. The summed E-state index contributed by atoms with van der Waals surface area (Å²) in [6.45, 7) is 10.1. The van der Waals surface area contributed by atoms with Gasteiger partial charge in [-0.05, 0) is 55.2 Å². The Kier molecular flexibility index (Phi) is 5.20. The van der Waals surface area contributed by atoms with Crippen LogP contribution in [0, 0.1) is 18.3 Å². The van der Waals surface area contributed by atoms with E-state index in [1.54, 1.807) is 0 Å². The summed E-state index contributed by atoms with van der Waals surface area (Å²) >= 11 is 0. The lowest BCUT2D eigenvalue weighted by atomic mass is 9.70. The van der Waals surface area contributed by atoms with Crippen molar-refractivity contribution in [3.63, 3.8) is 0 Å². The summed E-state index contributed by atoms with van der Waals surface area (Å²) in [5.74, 6) is 0.757. The Hall–Kier alpha value is -0.890. The third-order valence-electron chi connectivity index (χ3n) is 4.66. The van der Waals surface area contributed by atoms with Crippen LogP contribution in [0.1, 0.15) is 70.0 Å². The molecule has 0 spiro atoms. The van der Waals surface area contributed by atoms with E-state index in [4.69, 9.17) is 0 Å². The van der Waals surface area contributed by atoms with Crippen LogP contribution in [-0.4, -0.2) is 11.5 Å². The summed E-state index contributed by atoms with van der Waals surface area (Å²) in [6.07, 6.45) is 10.8. The first-order chi connectivity index (χ1) is 9.57. The second kappa shape index (κ2) is 6.71. The molecule has 1 aromatic heterocycles. The first-order valence-electron chi connectivity index (χ1n) is 8.22. The van der Waals surface area contributed by atoms with Crippen LogP contribution in [0.4, 0.5) is 0 Å². The Balaban J connectivity index is 2.34. The molecule has 0 aliphatic heterocycles. The van der Waals surface area contributed by atoms with Gasteiger partial charge in [-0.25, -0.2) is 0 Å². The van der Waals surface area contributed by atoms with Gasteiger partial charge in [0.25, 0.3) is 0 Å². The molecule has 1 fully saturated rings. The molecule has 2 rings (SSSR count). The molecular weight excluding hydrogens is 244 g/mol. The molecule has 1 heterocycles. The van der Waals surface area contributed by atoms with Crippen molar-refractivity contribution in [3.05, 3.63) is 29.6 Å². The number of nitrogens with one attached hydrogen (secondary N) is 1. The van der Waals surface area contributed by atoms with Crippen LogP contribution in [0.2, 0.25) is 0 Å². The van der Waals surface area contributed by atoms with Gasteiger partial charge in [-0.15, -0.1) is 0 Å². The van der Waals surface area contributed by atoms with Crippen LogP contribution in [0.15, 0.2) is 18.5 Å². The molecule has 20 heavy (non-hydrogen) atoms. The lowest BCUT2D eigenvalue weighted by molar-refractivity contribution is 0.156. The molecule has 1 aromatic rings. The summed E-state index contributed by atoms with van der Waals surface area (Å²) in [7, 11) is 0. The fraction of sp³-hybridized carbons (Fsp3) is 0.722. The van der Waals surface area contributed by atoms with E-state index in [0.717, 1.165) is 12.5 Å². The summed E-state index contributed by atoms with van der Waals surface area (Å²) in [6, 6.07) is 2.78. The summed E-state index contributed by atoms with van der Waals surface area (Å²) in [4.78, 5) is 4.43. The molecule has 2 nitrogen and oxygen atoms in total. The fourth-order valence-corrected chi connectivity index (χ4v) is 4.13. The Morgan fingerprint density at radius 3 is 2.50 bits per heavy atom. The lowest BCUT2D eigenvalue weighted by Crippen LogP contribution is -2.37.